The molecule has 1 aliphatic rings. The highest BCUT2D eigenvalue weighted by molar-refractivity contribution is 6.01. The maximum atomic E-state index is 12.1. The molecule has 2 N–H and O–H groups in total. The quantitative estimate of drug-likeness (QED) is 0.599. The van der Waals surface area contributed by atoms with Crippen molar-refractivity contribution in [3.63, 3.8) is 0 Å². The van der Waals surface area contributed by atoms with Gasteiger partial charge in [-0.15, -0.1) is 0 Å². The van der Waals surface area contributed by atoms with Crippen LogP contribution in [0.25, 0.3) is 0 Å². The average Bonchev–Trinajstić information content (AvgIpc) is 2.62. The molecule has 1 fully saturated rings. The Bertz CT molecular complexity index is 294. The number of carbonyl (C=O) groups excluding carboxylic acids is 2. The molecule has 0 bridgehead atoms. The average molecular weight is 256 g/mol. The van der Waals surface area contributed by atoms with E-state index in [4.69, 9.17) is 10.5 Å². The van der Waals surface area contributed by atoms with Crippen molar-refractivity contribution in [2.45, 2.75) is 45.6 Å². The number of nitrogens with zero attached hydrogens (tertiary/aromatic N) is 1. The van der Waals surface area contributed by atoms with Crippen molar-refractivity contribution < 1.29 is 14.3 Å². The van der Waals surface area contributed by atoms with Gasteiger partial charge in [0, 0.05) is 13.1 Å². The zero-order chi connectivity index (χ0) is 13.5. The Morgan fingerprint density at radius 2 is 2.06 bits per heavy atom. The summed E-state index contributed by atoms with van der Waals surface area (Å²) in [5.74, 6) is -0.245. The summed E-state index contributed by atoms with van der Waals surface area (Å²) >= 11 is 0. The first-order valence-electron chi connectivity index (χ1n) is 6.81. The lowest BCUT2D eigenvalue weighted by Crippen LogP contribution is -2.49. The molecule has 1 saturated heterocycles. The first-order chi connectivity index (χ1) is 8.60. The van der Waals surface area contributed by atoms with Crippen molar-refractivity contribution in [1.29, 1.82) is 0 Å². The van der Waals surface area contributed by atoms with E-state index < -0.39 is 12.0 Å². The van der Waals surface area contributed by atoms with E-state index in [9.17, 15) is 9.59 Å². The predicted octanol–water partition coefficient (Wildman–Crippen LogP) is 0.915. The van der Waals surface area contributed by atoms with Gasteiger partial charge in [-0.2, -0.15) is 0 Å². The third kappa shape index (κ3) is 3.98. The van der Waals surface area contributed by atoms with E-state index in [1.807, 2.05) is 0 Å². The Kier molecular flexibility index (Phi) is 6.12. The second-order valence-corrected chi connectivity index (χ2v) is 4.76. The van der Waals surface area contributed by atoms with E-state index in [0.29, 0.717) is 19.0 Å². The number of amides is 1. The van der Waals surface area contributed by atoms with Gasteiger partial charge in [0.2, 0.25) is 0 Å². The number of ether oxygens (including phenoxy) is 1. The summed E-state index contributed by atoms with van der Waals surface area (Å²) < 4.78 is 4.78. The van der Waals surface area contributed by atoms with E-state index in [-0.39, 0.29) is 12.5 Å². The van der Waals surface area contributed by atoms with Crippen LogP contribution in [0.1, 0.15) is 39.5 Å². The van der Waals surface area contributed by atoms with Crippen LogP contribution in [0, 0.1) is 5.92 Å². The molecule has 2 atom stereocenters. The van der Waals surface area contributed by atoms with Crippen molar-refractivity contribution in [3.05, 3.63) is 0 Å². The Morgan fingerprint density at radius 3 is 2.67 bits per heavy atom. The molecular weight excluding hydrogens is 232 g/mol. The second-order valence-electron chi connectivity index (χ2n) is 4.76. The summed E-state index contributed by atoms with van der Waals surface area (Å²) in [6.45, 7) is 5.52. The normalized spacial score (nSPS) is 22.2. The largest absolute Gasteiger partial charge is 0.464 e. The smallest absolute Gasteiger partial charge is 0.332 e. The Balaban J connectivity index is 2.53. The maximum absolute atomic E-state index is 12.1. The van der Waals surface area contributed by atoms with Crippen molar-refractivity contribution in [2.24, 2.45) is 11.7 Å². The number of hydrogen-bond donors (Lipinski definition) is 1. The lowest BCUT2D eigenvalue weighted by atomic mass is 9.98. The van der Waals surface area contributed by atoms with Crippen molar-refractivity contribution >= 4 is 11.9 Å². The summed E-state index contributed by atoms with van der Waals surface area (Å²) in [7, 11) is 0. The Hall–Kier alpha value is -1.10. The van der Waals surface area contributed by atoms with Gasteiger partial charge in [0.25, 0.3) is 5.91 Å². The Morgan fingerprint density at radius 1 is 1.33 bits per heavy atom. The molecule has 2 unspecified atom stereocenters. The van der Waals surface area contributed by atoms with Gasteiger partial charge in [-0.3, -0.25) is 4.79 Å². The van der Waals surface area contributed by atoms with Crippen LogP contribution in [0.4, 0.5) is 0 Å². The molecule has 0 saturated carbocycles. The Labute approximate surface area is 109 Å². The van der Waals surface area contributed by atoms with Gasteiger partial charge in [-0.25, -0.2) is 4.79 Å². The molecule has 0 aliphatic carbocycles. The van der Waals surface area contributed by atoms with Crippen molar-refractivity contribution in [2.75, 3.05) is 19.7 Å². The number of nitrogens with two attached hydrogens (primary N) is 1. The van der Waals surface area contributed by atoms with Crippen LogP contribution in [0.5, 0.6) is 0 Å². The van der Waals surface area contributed by atoms with Gasteiger partial charge >= 0.3 is 5.97 Å². The van der Waals surface area contributed by atoms with Crippen LogP contribution >= 0.6 is 0 Å². The highest BCUT2D eigenvalue weighted by Gasteiger charge is 2.29. The number of likely N-dealkylation sites (tertiary alicyclic amines) is 1. The van der Waals surface area contributed by atoms with E-state index in [0.717, 1.165) is 25.7 Å². The number of esters is 1. The molecule has 1 aliphatic heterocycles. The van der Waals surface area contributed by atoms with Crippen LogP contribution in [0.3, 0.4) is 0 Å². The molecule has 0 aromatic carbocycles. The number of carbonyl (C=O) groups is 2. The van der Waals surface area contributed by atoms with Gasteiger partial charge in [0.1, 0.15) is 0 Å². The molecule has 0 radical (unpaired) electrons. The number of rotatable bonds is 4. The molecule has 5 heteroatoms. The number of hydrogen-bond acceptors (Lipinski definition) is 4. The minimum atomic E-state index is -1.16. The zero-order valence-corrected chi connectivity index (χ0v) is 11.4. The molecule has 18 heavy (non-hydrogen) atoms. The molecule has 5 nitrogen and oxygen atoms in total. The molecule has 0 aromatic rings. The van der Waals surface area contributed by atoms with Gasteiger partial charge in [0.05, 0.1) is 6.61 Å². The van der Waals surface area contributed by atoms with E-state index in [1.165, 1.54) is 0 Å². The zero-order valence-electron chi connectivity index (χ0n) is 11.4. The summed E-state index contributed by atoms with van der Waals surface area (Å²) in [4.78, 5) is 25.2. The van der Waals surface area contributed by atoms with Crippen LogP contribution in [0.15, 0.2) is 0 Å². The van der Waals surface area contributed by atoms with Crippen molar-refractivity contribution in [1.82, 2.24) is 4.90 Å². The van der Waals surface area contributed by atoms with Crippen LogP contribution in [-0.4, -0.2) is 42.5 Å². The molecular formula is C13H24N2O3. The second kappa shape index (κ2) is 7.36. The highest BCUT2D eigenvalue weighted by atomic mass is 16.5. The van der Waals surface area contributed by atoms with Gasteiger partial charge in [0.15, 0.2) is 6.04 Å². The molecule has 0 aromatic heterocycles. The first-order valence-corrected chi connectivity index (χ1v) is 6.81. The van der Waals surface area contributed by atoms with E-state index in [2.05, 4.69) is 6.92 Å². The van der Waals surface area contributed by atoms with Gasteiger partial charge < -0.3 is 15.4 Å². The van der Waals surface area contributed by atoms with E-state index in [1.54, 1.807) is 11.8 Å². The summed E-state index contributed by atoms with van der Waals surface area (Å²) in [5.41, 5.74) is 5.63. The van der Waals surface area contributed by atoms with Crippen LogP contribution in [0.2, 0.25) is 0 Å². The third-order valence-electron chi connectivity index (χ3n) is 3.54. The molecule has 1 heterocycles. The fourth-order valence-corrected chi connectivity index (χ4v) is 2.32. The topological polar surface area (TPSA) is 72.6 Å². The molecule has 0 spiro atoms. The minimum absolute atomic E-state index is 0.248. The maximum Gasteiger partial charge on any atom is 0.332 e. The first kappa shape index (κ1) is 15.0. The summed E-state index contributed by atoms with van der Waals surface area (Å²) in [6, 6.07) is -1.16. The fraction of sp³-hybridized carbons (Fsp3) is 0.846. The molecule has 1 rings (SSSR count). The SMILES string of the molecule is CCOC(=O)C(N)C(=O)N1CCCC(CC)CC1. The minimum Gasteiger partial charge on any atom is -0.464 e. The monoisotopic (exact) mass is 256 g/mol. The lowest BCUT2D eigenvalue weighted by molar-refractivity contribution is -0.150. The van der Waals surface area contributed by atoms with Crippen LogP contribution < -0.4 is 5.73 Å². The van der Waals surface area contributed by atoms with Crippen molar-refractivity contribution in [3.8, 4) is 0 Å². The van der Waals surface area contributed by atoms with Gasteiger partial charge in [-0.1, -0.05) is 13.3 Å². The summed E-state index contributed by atoms with van der Waals surface area (Å²) in [5, 5.41) is 0. The highest BCUT2D eigenvalue weighted by Crippen LogP contribution is 2.20. The van der Waals surface area contributed by atoms with E-state index >= 15 is 0 Å². The molecule has 1 amide bonds. The fourth-order valence-electron chi connectivity index (χ4n) is 2.32. The molecule has 104 valence electrons. The standard InChI is InChI=1S/C13H24N2O3/c1-3-10-6-5-8-15(9-7-10)12(16)11(14)13(17)18-4-2/h10-11H,3-9,14H2,1-2H3. The third-order valence-corrected chi connectivity index (χ3v) is 3.54. The lowest BCUT2D eigenvalue weighted by Gasteiger charge is -2.23. The predicted molar refractivity (Wildman–Crippen MR) is 68.8 cm³/mol. The van der Waals surface area contributed by atoms with Gasteiger partial charge in [-0.05, 0) is 32.1 Å². The van der Waals surface area contributed by atoms with Crippen LogP contribution in [-0.2, 0) is 14.3 Å². The summed E-state index contributed by atoms with van der Waals surface area (Å²) in [6.07, 6.45) is 4.28.